The van der Waals surface area contributed by atoms with Crippen LogP contribution in [-0.4, -0.2) is 41.6 Å². The topological polar surface area (TPSA) is 88.5 Å². The Kier molecular flexibility index (Phi) is 6.51. The second-order valence-corrected chi connectivity index (χ2v) is 3.83. The largest absolute Gasteiger partial charge is 0.478 e. The number of alkyl halides is 2. The number of carbonyl (C=O) groups is 2. The number of hydrogen-bond acceptors (Lipinski definition) is 4. The van der Waals surface area contributed by atoms with E-state index in [0.29, 0.717) is 5.69 Å². The minimum absolute atomic E-state index is 0.0503. The van der Waals surface area contributed by atoms with Gasteiger partial charge in [0.25, 0.3) is 6.43 Å². The normalized spacial score (nSPS) is 10.6. The smallest absolute Gasteiger partial charge is 0.335 e. The minimum Gasteiger partial charge on any atom is -0.478 e. The van der Waals surface area contributed by atoms with Crippen LogP contribution in [0.25, 0.3) is 0 Å². The first-order valence-electron chi connectivity index (χ1n) is 5.80. The van der Waals surface area contributed by atoms with E-state index in [1.807, 2.05) is 0 Å². The van der Waals surface area contributed by atoms with Gasteiger partial charge in [-0.3, -0.25) is 9.78 Å². The number of carboxylic acid groups (broad SMARTS) is 1. The van der Waals surface area contributed by atoms with Crippen molar-refractivity contribution >= 4 is 11.9 Å². The molecule has 0 saturated carbocycles. The van der Waals surface area contributed by atoms with E-state index in [9.17, 15) is 18.4 Å². The number of halogens is 2. The van der Waals surface area contributed by atoms with Crippen LogP contribution in [0.15, 0.2) is 18.3 Å². The SMILES string of the molecule is O=C(CCOCC(F)F)NCc1cc(C(=O)O)ccn1. The van der Waals surface area contributed by atoms with Crippen molar-refractivity contribution in [3.05, 3.63) is 29.6 Å². The Labute approximate surface area is 113 Å². The number of ether oxygens (including phenoxy) is 1. The molecule has 1 aromatic rings. The summed E-state index contributed by atoms with van der Waals surface area (Å²) in [6.45, 7) is -0.733. The number of hydrogen-bond donors (Lipinski definition) is 2. The lowest BCUT2D eigenvalue weighted by Crippen LogP contribution is -2.24. The van der Waals surface area contributed by atoms with Crippen molar-refractivity contribution in [2.45, 2.75) is 19.4 Å². The Bertz CT molecular complexity index is 469. The average molecular weight is 288 g/mol. The quantitative estimate of drug-likeness (QED) is 0.698. The van der Waals surface area contributed by atoms with Crippen LogP contribution in [0, 0.1) is 0 Å². The number of nitrogens with zero attached hydrogens (tertiary/aromatic N) is 1. The van der Waals surface area contributed by atoms with Crippen LogP contribution >= 0.6 is 0 Å². The van der Waals surface area contributed by atoms with Crippen molar-refractivity contribution in [2.75, 3.05) is 13.2 Å². The highest BCUT2D eigenvalue weighted by Crippen LogP contribution is 2.01. The number of amides is 1. The zero-order valence-electron chi connectivity index (χ0n) is 10.5. The van der Waals surface area contributed by atoms with Gasteiger partial charge in [-0.25, -0.2) is 13.6 Å². The third kappa shape index (κ3) is 6.19. The summed E-state index contributed by atoms with van der Waals surface area (Å²) in [5, 5.41) is 11.3. The highest BCUT2D eigenvalue weighted by Gasteiger charge is 2.07. The Balaban J connectivity index is 2.30. The maximum atomic E-state index is 11.7. The van der Waals surface area contributed by atoms with Crippen LogP contribution in [0.3, 0.4) is 0 Å². The molecule has 0 atom stereocenters. The molecule has 1 aromatic heterocycles. The van der Waals surface area contributed by atoms with Crippen LogP contribution in [0.4, 0.5) is 8.78 Å². The zero-order valence-corrected chi connectivity index (χ0v) is 10.5. The maximum Gasteiger partial charge on any atom is 0.335 e. The molecule has 0 aliphatic rings. The second-order valence-electron chi connectivity index (χ2n) is 3.83. The van der Waals surface area contributed by atoms with Crippen molar-refractivity contribution in [2.24, 2.45) is 0 Å². The number of rotatable bonds is 8. The van der Waals surface area contributed by atoms with Gasteiger partial charge in [-0.1, -0.05) is 0 Å². The molecule has 0 saturated heterocycles. The van der Waals surface area contributed by atoms with Gasteiger partial charge in [-0.15, -0.1) is 0 Å². The zero-order chi connectivity index (χ0) is 15.0. The van der Waals surface area contributed by atoms with Gasteiger partial charge in [-0.2, -0.15) is 0 Å². The molecule has 1 heterocycles. The number of pyridine rings is 1. The predicted octanol–water partition coefficient (Wildman–Crippen LogP) is 1.07. The molecule has 20 heavy (non-hydrogen) atoms. The molecule has 110 valence electrons. The van der Waals surface area contributed by atoms with Gasteiger partial charge in [0, 0.05) is 12.6 Å². The van der Waals surface area contributed by atoms with Gasteiger partial charge in [-0.05, 0) is 12.1 Å². The molecule has 0 fully saturated rings. The molecule has 0 aromatic carbocycles. The van der Waals surface area contributed by atoms with Crippen molar-refractivity contribution in [1.82, 2.24) is 10.3 Å². The Morgan fingerprint density at radius 2 is 2.20 bits per heavy atom. The molecule has 6 nitrogen and oxygen atoms in total. The summed E-state index contributed by atoms with van der Waals surface area (Å²) in [6.07, 6.45) is -1.27. The highest BCUT2D eigenvalue weighted by molar-refractivity contribution is 5.87. The molecule has 0 bridgehead atoms. The van der Waals surface area contributed by atoms with E-state index in [1.165, 1.54) is 18.3 Å². The third-order valence-electron chi connectivity index (χ3n) is 2.25. The monoisotopic (exact) mass is 288 g/mol. The van der Waals surface area contributed by atoms with Crippen LogP contribution in [-0.2, 0) is 16.1 Å². The fraction of sp³-hybridized carbons (Fsp3) is 0.417. The van der Waals surface area contributed by atoms with E-state index >= 15 is 0 Å². The predicted molar refractivity (Wildman–Crippen MR) is 64.5 cm³/mol. The number of aromatic nitrogens is 1. The average Bonchev–Trinajstić information content (AvgIpc) is 2.41. The molecule has 1 amide bonds. The molecular formula is C12H14F2N2O4. The first-order chi connectivity index (χ1) is 9.49. The van der Waals surface area contributed by atoms with Crippen LogP contribution < -0.4 is 5.32 Å². The van der Waals surface area contributed by atoms with Gasteiger partial charge in [0.05, 0.1) is 24.4 Å². The fourth-order valence-corrected chi connectivity index (χ4v) is 1.32. The van der Waals surface area contributed by atoms with Crippen LogP contribution in [0.5, 0.6) is 0 Å². The Hall–Kier alpha value is -2.09. The molecule has 2 N–H and O–H groups in total. The lowest BCUT2D eigenvalue weighted by molar-refractivity contribution is -0.122. The van der Waals surface area contributed by atoms with E-state index in [2.05, 4.69) is 15.0 Å². The van der Waals surface area contributed by atoms with Crippen molar-refractivity contribution < 1.29 is 28.2 Å². The fourth-order valence-electron chi connectivity index (χ4n) is 1.32. The number of carbonyl (C=O) groups excluding carboxylic acids is 1. The third-order valence-corrected chi connectivity index (χ3v) is 2.25. The second kappa shape index (κ2) is 8.16. The van der Waals surface area contributed by atoms with Crippen molar-refractivity contribution in [1.29, 1.82) is 0 Å². The van der Waals surface area contributed by atoms with Gasteiger partial charge < -0.3 is 15.2 Å². The van der Waals surface area contributed by atoms with E-state index in [1.54, 1.807) is 0 Å². The van der Waals surface area contributed by atoms with E-state index in [-0.39, 0.29) is 31.0 Å². The Morgan fingerprint density at radius 1 is 1.45 bits per heavy atom. The van der Waals surface area contributed by atoms with Gasteiger partial charge in [0.1, 0.15) is 6.61 Å². The molecule has 0 spiro atoms. The van der Waals surface area contributed by atoms with Crippen molar-refractivity contribution in [3.8, 4) is 0 Å². The number of aromatic carboxylic acids is 1. The van der Waals surface area contributed by atoms with E-state index < -0.39 is 19.0 Å². The molecule has 0 radical (unpaired) electrons. The molecule has 1 rings (SSSR count). The minimum atomic E-state index is -2.55. The molecule has 0 unspecified atom stereocenters. The van der Waals surface area contributed by atoms with Gasteiger partial charge in [0.2, 0.25) is 5.91 Å². The molecule has 0 aliphatic heterocycles. The first kappa shape index (κ1) is 16.0. The molecule has 0 aliphatic carbocycles. The van der Waals surface area contributed by atoms with E-state index in [0.717, 1.165) is 0 Å². The van der Waals surface area contributed by atoms with Crippen LogP contribution in [0.2, 0.25) is 0 Å². The summed E-state index contributed by atoms with van der Waals surface area (Å²) in [5.41, 5.74) is 0.469. The summed E-state index contributed by atoms with van der Waals surface area (Å²) in [5.74, 6) is -1.47. The maximum absolute atomic E-state index is 11.7. The van der Waals surface area contributed by atoms with Gasteiger partial charge >= 0.3 is 5.97 Å². The molecule has 8 heteroatoms. The summed E-state index contributed by atoms with van der Waals surface area (Å²) in [6, 6.07) is 2.68. The summed E-state index contributed by atoms with van der Waals surface area (Å²) < 4.78 is 28.1. The first-order valence-corrected chi connectivity index (χ1v) is 5.80. The highest BCUT2D eigenvalue weighted by atomic mass is 19.3. The Morgan fingerprint density at radius 3 is 2.85 bits per heavy atom. The number of nitrogens with one attached hydrogen (secondary N) is 1. The van der Waals surface area contributed by atoms with E-state index in [4.69, 9.17) is 5.11 Å². The summed E-state index contributed by atoms with van der Waals surface area (Å²) >= 11 is 0. The van der Waals surface area contributed by atoms with Gasteiger partial charge in [0.15, 0.2) is 0 Å². The standard InChI is InChI=1S/C12H14F2N2O4/c13-10(14)7-20-4-2-11(17)16-6-9-5-8(12(18)19)1-3-15-9/h1,3,5,10H,2,4,6-7H2,(H,16,17)(H,18,19). The number of carboxylic acids is 1. The van der Waals surface area contributed by atoms with Crippen molar-refractivity contribution in [3.63, 3.8) is 0 Å². The lowest BCUT2D eigenvalue weighted by atomic mass is 10.2. The molecular weight excluding hydrogens is 274 g/mol. The lowest BCUT2D eigenvalue weighted by Gasteiger charge is -2.06. The van der Waals surface area contributed by atoms with Crippen LogP contribution in [0.1, 0.15) is 22.5 Å². The summed E-state index contributed by atoms with van der Waals surface area (Å²) in [7, 11) is 0. The summed E-state index contributed by atoms with van der Waals surface area (Å²) in [4.78, 5) is 26.0.